The Morgan fingerprint density at radius 3 is 2.29 bits per heavy atom. The van der Waals surface area contributed by atoms with E-state index in [9.17, 15) is 5.11 Å². The van der Waals surface area contributed by atoms with Gasteiger partial charge in [-0.2, -0.15) is 0 Å². The molecule has 17 heavy (non-hydrogen) atoms. The van der Waals surface area contributed by atoms with Crippen molar-refractivity contribution in [3.05, 3.63) is 60.2 Å². The molecule has 1 unspecified atom stereocenters. The summed E-state index contributed by atoms with van der Waals surface area (Å²) in [5.41, 5.74) is 0.641. The van der Waals surface area contributed by atoms with E-state index in [1.807, 2.05) is 30.3 Å². The molecular weight excluding hydrogens is 212 g/mol. The van der Waals surface area contributed by atoms with E-state index in [0.29, 0.717) is 6.42 Å². The molecule has 2 aromatic rings. The summed E-state index contributed by atoms with van der Waals surface area (Å²) >= 11 is 0. The van der Waals surface area contributed by atoms with Gasteiger partial charge in [0.25, 0.3) is 0 Å². The molecule has 0 aliphatic rings. The summed E-state index contributed by atoms with van der Waals surface area (Å²) in [5.74, 6) is 0. The lowest BCUT2D eigenvalue weighted by Crippen LogP contribution is -2.27. The molecule has 0 bridgehead atoms. The molecule has 0 spiro atoms. The van der Waals surface area contributed by atoms with Crippen LogP contribution in [0.3, 0.4) is 0 Å². The number of aliphatic hydroxyl groups is 1. The minimum Gasteiger partial charge on any atom is -0.380 e. The van der Waals surface area contributed by atoms with Crippen molar-refractivity contribution in [3.8, 4) is 0 Å². The lowest BCUT2D eigenvalue weighted by atomic mass is 9.84. The molecule has 1 N–H and O–H groups in total. The number of nitrogens with zero attached hydrogens (tertiary/aromatic N) is 2. The third-order valence-electron chi connectivity index (χ3n) is 2.90. The van der Waals surface area contributed by atoms with Gasteiger partial charge in [0.15, 0.2) is 0 Å². The summed E-state index contributed by atoms with van der Waals surface area (Å²) in [6.45, 7) is 2.05. The van der Waals surface area contributed by atoms with E-state index in [2.05, 4.69) is 16.9 Å². The maximum absolute atomic E-state index is 10.9. The van der Waals surface area contributed by atoms with Crippen LogP contribution < -0.4 is 0 Å². The number of aromatic nitrogens is 2. The fraction of sp³-hybridized carbons (Fsp3) is 0.286. The molecule has 2 rings (SSSR count). The minimum absolute atomic E-state index is 0.657. The van der Waals surface area contributed by atoms with E-state index >= 15 is 0 Å². The number of rotatable bonds is 4. The van der Waals surface area contributed by atoms with Crippen LogP contribution in [-0.4, -0.2) is 15.1 Å². The Kier molecular flexibility index (Phi) is 3.49. The Hall–Kier alpha value is -1.74. The second-order valence-electron chi connectivity index (χ2n) is 4.10. The van der Waals surface area contributed by atoms with Crippen LogP contribution in [0.1, 0.15) is 30.9 Å². The topological polar surface area (TPSA) is 46.0 Å². The summed E-state index contributed by atoms with van der Waals surface area (Å²) in [5, 5.41) is 10.9. The lowest BCUT2D eigenvalue weighted by Gasteiger charge is -2.28. The van der Waals surface area contributed by atoms with Crippen LogP contribution in [0.5, 0.6) is 0 Å². The number of hydrogen-bond acceptors (Lipinski definition) is 3. The molecule has 88 valence electrons. The van der Waals surface area contributed by atoms with Crippen molar-refractivity contribution >= 4 is 0 Å². The van der Waals surface area contributed by atoms with Gasteiger partial charge in [0.05, 0.1) is 0 Å². The molecule has 0 aliphatic heterocycles. The first-order valence-electron chi connectivity index (χ1n) is 5.81. The Balaban J connectivity index is 2.47. The van der Waals surface area contributed by atoms with E-state index in [-0.39, 0.29) is 0 Å². The molecule has 3 heteroatoms. The van der Waals surface area contributed by atoms with E-state index in [1.54, 1.807) is 12.4 Å². The van der Waals surface area contributed by atoms with Gasteiger partial charge in [0.2, 0.25) is 0 Å². The summed E-state index contributed by atoms with van der Waals surface area (Å²) in [6, 6.07) is 9.67. The molecule has 1 atom stereocenters. The van der Waals surface area contributed by atoms with Gasteiger partial charge in [-0.05, 0) is 12.0 Å². The van der Waals surface area contributed by atoms with Gasteiger partial charge >= 0.3 is 0 Å². The second kappa shape index (κ2) is 5.06. The molecule has 0 amide bonds. The van der Waals surface area contributed by atoms with Crippen LogP contribution in [0, 0.1) is 0 Å². The van der Waals surface area contributed by atoms with Crippen LogP contribution in [0.15, 0.2) is 49.1 Å². The second-order valence-corrected chi connectivity index (χ2v) is 4.10. The van der Waals surface area contributed by atoms with Crippen molar-refractivity contribution in [2.75, 3.05) is 0 Å². The third-order valence-corrected chi connectivity index (χ3v) is 2.90. The highest BCUT2D eigenvalue weighted by atomic mass is 16.3. The molecule has 0 saturated heterocycles. The van der Waals surface area contributed by atoms with E-state index < -0.39 is 5.60 Å². The van der Waals surface area contributed by atoms with Gasteiger partial charge in [0.1, 0.15) is 11.9 Å². The van der Waals surface area contributed by atoms with Crippen molar-refractivity contribution in [3.63, 3.8) is 0 Å². The molecule has 3 nitrogen and oxygen atoms in total. The average Bonchev–Trinajstić information content (AvgIpc) is 2.41. The molecule has 1 aromatic heterocycles. The van der Waals surface area contributed by atoms with Crippen LogP contribution in [0.4, 0.5) is 0 Å². The van der Waals surface area contributed by atoms with Crippen LogP contribution in [-0.2, 0) is 5.60 Å². The summed E-state index contributed by atoms with van der Waals surface area (Å²) in [4.78, 5) is 7.97. The Morgan fingerprint density at radius 2 is 1.71 bits per heavy atom. The van der Waals surface area contributed by atoms with Crippen molar-refractivity contribution in [2.24, 2.45) is 0 Å². The highest BCUT2D eigenvalue weighted by Crippen LogP contribution is 2.32. The van der Waals surface area contributed by atoms with Crippen molar-refractivity contribution < 1.29 is 5.11 Å². The molecular formula is C14H16N2O. The molecule has 0 fully saturated rings. The van der Waals surface area contributed by atoms with Crippen LogP contribution >= 0.6 is 0 Å². The number of hydrogen-bond donors (Lipinski definition) is 1. The first kappa shape index (κ1) is 11.7. The maximum Gasteiger partial charge on any atom is 0.118 e. The van der Waals surface area contributed by atoms with Gasteiger partial charge in [-0.15, -0.1) is 0 Å². The van der Waals surface area contributed by atoms with E-state index in [1.165, 1.54) is 6.33 Å². The Morgan fingerprint density at radius 1 is 1.06 bits per heavy atom. The van der Waals surface area contributed by atoms with Crippen molar-refractivity contribution in [1.82, 2.24) is 9.97 Å². The third kappa shape index (κ3) is 2.34. The summed E-state index contributed by atoms with van der Waals surface area (Å²) < 4.78 is 0. The van der Waals surface area contributed by atoms with Gasteiger partial charge in [-0.25, -0.2) is 9.97 Å². The van der Waals surface area contributed by atoms with Gasteiger partial charge < -0.3 is 5.11 Å². The SMILES string of the molecule is CCCC(O)(c1ccccc1)c1cncnc1. The Labute approximate surface area is 101 Å². The van der Waals surface area contributed by atoms with Gasteiger partial charge in [0, 0.05) is 18.0 Å². The molecule has 0 radical (unpaired) electrons. The summed E-state index contributed by atoms with van der Waals surface area (Å²) in [7, 11) is 0. The molecule has 1 aromatic carbocycles. The first-order valence-corrected chi connectivity index (χ1v) is 5.81. The van der Waals surface area contributed by atoms with Crippen molar-refractivity contribution in [2.45, 2.75) is 25.4 Å². The van der Waals surface area contributed by atoms with E-state index in [0.717, 1.165) is 17.5 Å². The first-order chi connectivity index (χ1) is 8.27. The standard InChI is InChI=1S/C14H16N2O/c1-2-8-14(17,12-6-4-3-5-7-12)13-9-15-11-16-10-13/h3-7,9-11,17H,2,8H2,1H3. The normalized spacial score (nSPS) is 14.2. The van der Waals surface area contributed by atoms with Crippen molar-refractivity contribution in [1.29, 1.82) is 0 Å². The zero-order chi connectivity index (χ0) is 12.1. The predicted octanol–water partition coefficient (Wildman–Crippen LogP) is 2.51. The molecule has 1 heterocycles. The van der Waals surface area contributed by atoms with Crippen LogP contribution in [0.25, 0.3) is 0 Å². The fourth-order valence-corrected chi connectivity index (χ4v) is 2.04. The fourth-order valence-electron chi connectivity index (χ4n) is 2.04. The largest absolute Gasteiger partial charge is 0.380 e. The van der Waals surface area contributed by atoms with Gasteiger partial charge in [-0.1, -0.05) is 43.7 Å². The summed E-state index contributed by atoms with van der Waals surface area (Å²) in [6.07, 6.45) is 6.37. The van der Waals surface area contributed by atoms with Gasteiger partial charge in [-0.3, -0.25) is 0 Å². The molecule has 0 aliphatic carbocycles. The maximum atomic E-state index is 10.9. The van der Waals surface area contributed by atoms with E-state index in [4.69, 9.17) is 0 Å². The number of benzene rings is 1. The highest BCUT2D eigenvalue weighted by Gasteiger charge is 2.30. The lowest BCUT2D eigenvalue weighted by molar-refractivity contribution is 0.0694. The zero-order valence-corrected chi connectivity index (χ0v) is 9.87. The highest BCUT2D eigenvalue weighted by molar-refractivity contribution is 5.33. The quantitative estimate of drug-likeness (QED) is 0.874. The minimum atomic E-state index is -0.989. The Bertz CT molecular complexity index is 417. The van der Waals surface area contributed by atoms with Crippen LogP contribution in [0.2, 0.25) is 0 Å². The smallest absolute Gasteiger partial charge is 0.118 e. The monoisotopic (exact) mass is 228 g/mol. The predicted molar refractivity (Wildman–Crippen MR) is 66.4 cm³/mol. The molecule has 0 saturated carbocycles. The zero-order valence-electron chi connectivity index (χ0n) is 9.87. The average molecular weight is 228 g/mol.